The maximum atomic E-state index is 5.57. The SMILES string of the molecule is ICC1C[NH+]=C(Nc2ccc3c(c2)OCCO3)S1.[I-]. The third-order valence-electron chi connectivity index (χ3n) is 2.75. The van der Waals surface area contributed by atoms with Crippen LogP contribution < -0.4 is 43.8 Å². The van der Waals surface area contributed by atoms with Gasteiger partial charge in [0.15, 0.2) is 11.5 Å². The fourth-order valence-corrected chi connectivity index (χ4v) is 3.63. The summed E-state index contributed by atoms with van der Waals surface area (Å²) in [7, 11) is 0. The Bertz CT molecular complexity index is 485. The molecule has 0 spiro atoms. The summed E-state index contributed by atoms with van der Waals surface area (Å²) in [4.78, 5) is 3.38. The molecule has 2 N–H and O–H groups in total. The number of hydrogen-bond donors (Lipinski definition) is 2. The van der Waals surface area contributed by atoms with Crippen molar-refractivity contribution in [1.82, 2.24) is 0 Å². The fraction of sp³-hybridized carbons (Fsp3) is 0.417. The standard InChI is InChI=1S/C12H13IN2O2S.HI/c13-6-9-7-14-12(18-9)15-8-1-2-10-11(5-8)17-4-3-16-10;/h1-2,5,9H,3-4,6-7H2,(H,14,15);1H. The van der Waals surface area contributed by atoms with Gasteiger partial charge in [-0.2, -0.15) is 0 Å². The average molecular weight is 504 g/mol. The normalized spacial score (nSPS) is 20.5. The van der Waals surface area contributed by atoms with E-state index in [1.54, 1.807) is 0 Å². The third-order valence-corrected chi connectivity index (χ3v) is 5.56. The van der Waals surface area contributed by atoms with Gasteiger partial charge in [0.1, 0.15) is 18.9 Å². The molecule has 0 fully saturated rings. The Balaban J connectivity index is 0.00000133. The summed E-state index contributed by atoms with van der Waals surface area (Å²) in [6.07, 6.45) is 0. The number of thioether (sulfide) groups is 1. The number of alkyl halides is 1. The van der Waals surface area contributed by atoms with Crippen molar-refractivity contribution in [3.05, 3.63) is 18.2 Å². The van der Waals surface area contributed by atoms with Crippen molar-refractivity contribution >= 4 is 45.2 Å². The fourth-order valence-electron chi connectivity index (χ4n) is 1.87. The molecule has 0 saturated heterocycles. The summed E-state index contributed by atoms with van der Waals surface area (Å²) in [6, 6.07) is 5.95. The molecule has 1 aromatic carbocycles. The van der Waals surface area contributed by atoms with E-state index >= 15 is 0 Å². The Morgan fingerprint density at radius 2 is 2.11 bits per heavy atom. The van der Waals surface area contributed by atoms with E-state index in [2.05, 4.69) is 32.9 Å². The zero-order valence-electron chi connectivity index (χ0n) is 10.1. The molecule has 104 valence electrons. The lowest BCUT2D eigenvalue weighted by Gasteiger charge is -2.18. The predicted molar refractivity (Wildman–Crippen MR) is 82.2 cm³/mol. The van der Waals surface area contributed by atoms with Gasteiger partial charge in [0.25, 0.3) is 0 Å². The molecule has 1 atom stereocenters. The molecule has 0 aliphatic carbocycles. The van der Waals surface area contributed by atoms with E-state index in [0.717, 1.165) is 33.3 Å². The number of halogens is 2. The zero-order valence-corrected chi connectivity index (χ0v) is 15.2. The number of fused-ring (bicyclic) bond motifs is 1. The van der Waals surface area contributed by atoms with Crippen molar-refractivity contribution < 1.29 is 38.4 Å². The van der Waals surface area contributed by atoms with Crippen molar-refractivity contribution in [2.24, 2.45) is 0 Å². The average Bonchev–Trinajstić information content (AvgIpc) is 2.86. The summed E-state index contributed by atoms with van der Waals surface area (Å²) in [5.74, 6) is 1.65. The molecule has 0 amide bonds. The lowest BCUT2D eigenvalue weighted by Crippen LogP contribution is -3.00. The van der Waals surface area contributed by atoms with Crippen LogP contribution in [0.25, 0.3) is 0 Å². The first-order valence-electron chi connectivity index (χ1n) is 5.85. The van der Waals surface area contributed by atoms with Gasteiger partial charge in [-0.05, 0) is 23.9 Å². The van der Waals surface area contributed by atoms with Gasteiger partial charge >= 0.3 is 5.17 Å². The summed E-state index contributed by atoms with van der Waals surface area (Å²) in [6.45, 7) is 2.28. The molecule has 2 aliphatic heterocycles. The number of hydrogen-bond acceptors (Lipinski definition) is 4. The summed E-state index contributed by atoms with van der Waals surface area (Å²) in [5, 5.41) is 5.16. The van der Waals surface area contributed by atoms with Crippen molar-refractivity contribution in [2.45, 2.75) is 5.25 Å². The van der Waals surface area contributed by atoms with Gasteiger partial charge in [-0.25, -0.2) is 5.32 Å². The van der Waals surface area contributed by atoms with E-state index < -0.39 is 0 Å². The molecule has 1 unspecified atom stereocenters. The van der Waals surface area contributed by atoms with Crippen LogP contribution in [0.1, 0.15) is 0 Å². The maximum absolute atomic E-state index is 5.57. The van der Waals surface area contributed by atoms with E-state index in [1.807, 2.05) is 30.0 Å². The first-order valence-corrected chi connectivity index (χ1v) is 8.26. The summed E-state index contributed by atoms with van der Waals surface area (Å²) in [5.41, 5.74) is 1.03. The Hall–Kier alpha value is 0.100. The van der Waals surface area contributed by atoms with Gasteiger partial charge in [0.05, 0.1) is 11.8 Å². The molecular formula is C12H14I2N2O2S. The van der Waals surface area contributed by atoms with Crippen LogP contribution in [0.2, 0.25) is 0 Å². The smallest absolute Gasteiger partial charge is 0.309 e. The van der Waals surface area contributed by atoms with E-state index in [1.165, 1.54) is 0 Å². The van der Waals surface area contributed by atoms with Crippen LogP contribution >= 0.6 is 34.4 Å². The highest BCUT2D eigenvalue weighted by atomic mass is 127. The second kappa shape index (κ2) is 7.21. The molecule has 0 saturated carbocycles. The third kappa shape index (κ3) is 3.81. The lowest BCUT2D eigenvalue weighted by atomic mass is 10.2. The molecular weight excluding hydrogens is 490 g/mol. The Labute approximate surface area is 147 Å². The highest BCUT2D eigenvalue weighted by Crippen LogP contribution is 2.32. The number of amidine groups is 1. The molecule has 4 nitrogen and oxygen atoms in total. The van der Waals surface area contributed by atoms with E-state index in [-0.39, 0.29) is 24.0 Å². The summed E-state index contributed by atoms with van der Waals surface area (Å²) < 4.78 is 12.2. The van der Waals surface area contributed by atoms with Gasteiger partial charge in [-0.3, -0.25) is 4.99 Å². The second-order valence-electron chi connectivity index (χ2n) is 4.09. The summed E-state index contributed by atoms with van der Waals surface area (Å²) >= 11 is 4.28. The van der Waals surface area contributed by atoms with E-state index in [0.29, 0.717) is 18.5 Å². The number of ether oxygens (including phenoxy) is 2. The van der Waals surface area contributed by atoms with Crippen LogP contribution in [-0.4, -0.2) is 34.6 Å². The Morgan fingerprint density at radius 1 is 1.32 bits per heavy atom. The minimum atomic E-state index is 0. The second-order valence-corrected chi connectivity index (χ2v) is 6.28. The quantitative estimate of drug-likeness (QED) is 0.357. The lowest BCUT2D eigenvalue weighted by molar-refractivity contribution is -0.448. The van der Waals surface area contributed by atoms with Gasteiger partial charge in [0.2, 0.25) is 0 Å². The molecule has 19 heavy (non-hydrogen) atoms. The molecule has 0 radical (unpaired) electrons. The van der Waals surface area contributed by atoms with Crippen LogP contribution in [0.15, 0.2) is 18.2 Å². The zero-order chi connectivity index (χ0) is 12.4. The van der Waals surface area contributed by atoms with Crippen molar-refractivity contribution in [2.75, 3.05) is 29.5 Å². The van der Waals surface area contributed by atoms with Crippen LogP contribution in [0.5, 0.6) is 11.5 Å². The van der Waals surface area contributed by atoms with Crippen molar-refractivity contribution in [3.63, 3.8) is 0 Å². The molecule has 0 aromatic heterocycles. The maximum Gasteiger partial charge on any atom is 0.309 e. The predicted octanol–water partition coefficient (Wildman–Crippen LogP) is -2.14. The minimum Gasteiger partial charge on any atom is -1.00 e. The van der Waals surface area contributed by atoms with Gasteiger partial charge < -0.3 is 33.5 Å². The van der Waals surface area contributed by atoms with Crippen LogP contribution in [-0.2, 0) is 0 Å². The van der Waals surface area contributed by atoms with E-state index in [9.17, 15) is 0 Å². The van der Waals surface area contributed by atoms with E-state index in [4.69, 9.17) is 9.47 Å². The first-order chi connectivity index (χ1) is 8.85. The molecule has 7 heteroatoms. The number of benzene rings is 1. The van der Waals surface area contributed by atoms with Gasteiger partial charge in [-0.15, -0.1) is 0 Å². The van der Waals surface area contributed by atoms with Gasteiger partial charge in [-0.1, -0.05) is 22.6 Å². The topological polar surface area (TPSA) is 44.5 Å². The highest BCUT2D eigenvalue weighted by molar-refractivity contribution is 14.1. The Kier molecular flexibility index (Phi) is 5.87. The van der Waals surface area contributed by atoms with Gasteiger partial charge in [0, 0.05) is 10.5 Å². The Morgan fingerprint density at radius 3 is 2.84 bits per heavy atom. The number of rotatable bonds is 2. The van der Waals surface area contributed by atoms with Crippen molar-refractivity contribution in [3.8, 4) is 11.5 Å². The molecule has 2 aliphatic rings. The van der Waals surface area contributed by atoms with Crippen LogP contribution in [0.4, 0.5) is 5.69 Å². The molecule has 3 rings (SSSR count). The monoisotopic (exact) mass is 504 g/mol. The first kappa shape index (κ1) is 15.5. The number of nitrogens with one attached hydrogen (secondary N) is 2. The van der Waals surface area contributed by atoms with Crippen LogP contribution in [0.3, 0.4) is 0 Å². The molecule has 2 heterocycles. The van der Waals surface area contributed by atoms with Crippen LogP contribution in [0, 0.1) is 0 Å². The minimum absolute atomic E-state index is 0. The number of anilines is 1. The molecule has 0 bridgehead atoms. The highest BCUT2D eigenvalue weighted by Gasteiger charge is 2.24. The molecule has 1 aromatic rings. The largest absolute Gasteiger partial charge is 1.00 e. The van der Waals surface area contributed by atoms with Crippen molar-refractivity contribution in [1.29, 1.82) is 0 Å².